The lowest BCUT2D eigenvalue weighted by molar-refractivity contribution is -0.136. The van der Waals surface area contributed by atoms with Gasteiger partial charge in [-0.15, -0.1) is 0 Å². The van der Waals surface area contributed by atoms with E-state index in [9.17, 15) is 26.7 Å². The lowest BCUT2D eigenvalue weighted by Crippen LogP contribution is -2.16. The smallest absolute Gasteiger partial charge is 0.313 e. The van der Waals surface area contributed by atoms with E-state index in [0.29, 0.717) is 13.2 Å². The van der Waals surface area contributed by atoms with Crippen LogP contribution in [-0.4, -0.2) is 32.4 Å². The molecule has 0 N–H and O–H groups in total. The fourth-order valence-electron chi connectivity index (χ4n) is 2.65. The number of rotatable bonds is 16. The third-order valence-electron chi connectivity index (χ3n) is 4.35. The van der Waals surface area contributed by atoms with E-state index in [2.05, 4.69) is 11.7 Å². The predicted octanol–water partition coefficient (Wildman–Crippen LogP) is 5.85. The van der Waals surface area contributed by atoms with E-state index >= 15 is 0 Å². The second-order valence-corrected chi connectivity index (χ2v) is 6.82. The molecule has 0 amide bonds. The molecule has 0 spiro atoms. The van der Waals surface area contributed by atoms with E-state index < -0.39 is 47.2 Å². The molecule has 0 aliphatic rings. The zero-order valence-electron chi connectivity index (χ0n) is 17.2. The van der Waals surface area contributed by atoms with Gasteiger partial charge in [0.1, 0.15) is 0 Å². The highest BCUT2D eigenvalue weighted by Gasteiger charge is 2.28. The summed E-state index contributed by atoms with van der Waals surface area (Å²) in [5.41, 5.74) is 0. The highest BCUT2D eigenvalue weighted by Crippen LogP contribution is 2.29. The Morgan fingerprint density at radius 2 is 1.10 bits per heavy atom. The Hall–Kier alpha value is -1.74. The lowest BCUT2D eigenvalue weighted by Gasteiger charge is -2.09. The Morgan fingerprint density at radius 3 is 1.67 bits per heavy atom. The third kappa shape index (κ3) is 9.38. The van der Waals surface area contributed by atoms with Crippen LogP contribution in [0, 0.1) is 29.1 Å². The van der Waals surface area contributed by atoms with E-state index in [1.807, 2.05) is 0 Å². The molecule has 4 nitrogen and oxygen atoms in total. The fourth-order valence-corrected chi connectivity index (χ4v) is 2.65. The van der Waals surface area contributed by atoms with Gasteiger partial charge in [-0.3, -0.25) is 4.79 Å². The molecule has 0 radical (unpaired) electrons. The Kier molecular flexibility index (Phi) is 13.3. The van der Waals surface area contributed by atoms with Crippen molar-refractivity contribution in [1.29, 1.82) is 0 Å². The number of ether oxygens (including phenoxy) is 3. The zero-order chi connectivity index (χ0) is 22.4. The summed E-state index contributed by atoms with van der Waals surface area (Å²) in [7, 11) is 0. The van der Waals surface area contributed by atoms with Crippen molar-refractivity contribution >= 4 is 5.97 Å². The van der Waals surface area contributed by atoms with E-state index in [4.69, 9.17) is 9.47 Å². The molecule has 0 saturated heterocycles. The predicted molar refractivity (Wildman–Crippen MR) is 101 cm³/mol. The maximum atomic E-state index is 13.4. The summed E-state index contributed by atoms with van der Waals surface area (Å²) in [6.45, 7) is 3.18. The van der Waals surface area contributed by atoms with Crippen molar-refractivity contribution < 1.29 is 41.0 Å². The van der Waals surface area contributed by atoms with Crippen LogP contribution in [0.25, 0.3) is 0 Å². The number of carbonyl (C=O) groups is 1. The minimum atomic E-state index is -2.32. The van der Waals surface area contributed by atoms with Gasteiger partial charge in [-0.1, -0.05) is 51.9 Å². The van der Waals surface area contributed by atoms with Crippen LogP contribution in [0.1, 0.15) is 64.7 Å². The first-order chi connectivity index (χ1) is 14.4. The molecule has 0 aliphatic heterocycles. The molecule has 0 heterocycles. The van der Waals surface area contributed by atoms with Gasteiger partial charge in [0, 0.05) is 6.61 Å². The first-order valence-corrected chi connectivity index (χ1v) is 10.3. The molecule has 0 fully saturated rings. The minimum Gasteiger partial charge on any atom is -0.420 e. The lowest BCUT2D eigenvalue weighted by atomic mass is 10.1. The number of hydrogen-bond donors (Lipinski definition) is 0. The van der Waals surface area contributed by atoms with E-state index in [-0.39, 0.29) is 13.2 Å². The van der Waals surface area contributed by atoms with E-state index in [0.717, 1.165) is 12.8 Å². The summed E-state index contributed by atoms with van der Waals surface area (Å²) >= 11 is 0. The number of benzene rings is 1. The van der Waals surface area contributed by atoms with Crippen molar-refractivity contribution in [3.05, 3.63) is 29.1 Å². The Bertz CT molecular complexity index is 626. The Balaban J connectivity index is 2.09. The fraction of sp³-hybridized carbons (Fsp3) is 0.667. The first-order valence-electron chi connectivity index (χ1n) is 10.3. The second-order valence-electron chi connectivity index (χ2n) is 6.82. The normalized spacial score (nSPS) is 11.1. The van der Waals surface area contributed by atoms with Gasteiger partial charge >= 0.3 is 5.97 Å². The standard InChI is InChI=1S/C21H29F5O4/c1-2-3-4-5-6-7-8-9-11-28-13-14-29-12-10-15(27)30-21-19(25)17(23)16(22)18(24)20(21)26/h2-14H2,1H3. The van der Waals surface area contributed by atoms with Gasteiger partial charge in [0.25, 0.3) is 0 Å². The highest BCUT2D eigenvalue weighted by molar-refractivity contribution is 5.72. The summed E-state index contributed by atoms with van der Waals surface area (Å²) in [5.74, 6) is -13.9. The molecular weight excluding hydrogens is 411 g/mol. The van der Waals surface area contributed by atoms with Crippen molar-refractivity contribution in [1.82, 2.24) is 0 Å². The Labute approximate surface area is 173 Å². The summed E-state index contributed by atoms with van der Waals surface area (Å²) in [6, 6.07) is 0. The van der Waals surface area contributed by atoms with Gasteiger partial charge in [0.05, 0.1) is 26.2 Å². The van der Waals surface area contributed by atoms with E-state index in [1.165, 1.54) is 38.5 Å². The van der Waals surface area contributed by atoms with Crippen LogP contribution >= 0.6 is 0 Å². The molecule has 1 aromatic rings. The van der Waals surface area contributed by atoms with Gasteiger partial charge in [0.2, 0.25) is 34.8 Å². The molecule has 30 heavy (non-hydrogen) atoms. The van der Waals surface area contributed by atoms with Crippen LogP contribution in [0.2, 0.25) is 0 Å². The summed E-state index contributed by atoms with van der Waals surface area (Å²) in [4.78, 5) is 11.5. The minimum absolute atomic E-state index is 0.144. The van der Waals surface area contributed by atoms with Crippen LogP contribution in [0.15, 0.2) is 0 Å². The van der Waals surface area contributed by atoms with Crippen LogP contribution in [0.4, 0.5) is 22.0 Å². The molecule has 1 aromatic carbocycles. The molecule has 0 unspecified atom stereocenters. The first kappa shape index (κ1) is 26.3. The molecule has 0 atom stereocenters. The maximum absolute atomic E-state index is 13.4. The summed E-state index contributed by atoms with van der Waals surface area (Å²) in [6.07, 6.45) is 9.17. The third-order valence-corrected chi connectivity index (χ3v) is 4.35. The molecule has 0 bridgehead atoms. The van der Waals surface area contributed by atoms with Crippen LogP contribution < -0.4 is 4.74 Å². The molecule has 0 saturated carbocycles. The van der Waals surface area contributed by atoms with Gasteiger partial charge in [-0.05, 0) is 6.42 Å². The number of carbonyl (C=O) groups excluding carboxylic acids is 1. The maximum Gasteiger partial charge on any atom is 0.313 e. The van der Waals surface area contributed by atoms with Crippen molar-refractivity contribution in [3.8, 4) is 5.75 Å². The van der Waals surface area contributed by atoms with Gasteiger partial charge in [-0.25, -0.2) is 13.2 Å². The number of hydrogen-bond acceptors (Lipinski definition) is 4. The summed E-state index contributed by atoms with van der Waals surface area (Å²) in [5, 5.41) is 0. The van der Waals surface area contributed by atoms with Crippen molar-refractivity contribution in [2.45, 2.75) is 64.7 Å². The van der Waals surface area contributed by atoms with Crippen LogP contribution in [-0.2, 0) is 14.3 Å². The molecule has 9 heteroatoms. The van der Waals surface area contributed by atoms with Crippen molar-refractivity contribution in [3.63, 3.8) is 0 Å². The van der Waals surface area contributed by atoms with E-state index in [1.54, 1.807) is 0 Å². The topological polar surface area (TPSA) is 44.8 Å². The largest absolute Gasteiger partial charge is 0.420 e. The number of halogens is 5. The van der Waals surface area contributed by atoms with Gasteiger partial charge < -0.3 is 14.2 Å². The number of esters is 1. The second kappa shape index (κ2) is 15.1. The van der Waals surface area contributed by atoms with Crippen molar-refractivity contribution in [2.24, 2.45) is 0 Å². The quantitative estimate of drug-likeness (QED) is 0.0808. The van der Waals surface area contributed by atoms with Crippen molar-refractivity contribution in [2.75, 3.05) is 26.4 Å². The molecule has 1 rings (SSSR count). The van der Waals surface area contributed by atoms with Crippen LogP contribution in [0.5, 0.6) is 5.75 Å². The zero-order valence-corrected chi connectivity index (χ0v) is 17.2. The molecule has 172 valence electrons. The average molecular weight is 440 g/mol. The SMILES string of the molecule is CCCCCCCCCCOCCOCCC(=O)Oc1c(F)c(F)c(F)c(F)c1F. The van der Waals surface area contributed by atoms with Crippen LogP contribution in [0.3, 0.4) is 0 Å². The average Bonchev–Trinajstić information content (AvgIpc) is 2.74. The monoisotopic (exact) mass is 440 g/mol. The molecule has 0 aliphatic carbocycles. The summed E-state index contributed by atoms with van der Waals surface area (Å²) < 4.78 is 80.7. The Morgan fingerprint density at radius 1 is 0.633 bits per heavy atom. The van der Waals surface area contributed by atoms with Gasteiger partial charge in [-0.2, -0.15) is 8.78 Å². The highest BCUT2D eigenvalue weighted by atomic mass is 19.2. The molecule has 0 aromatic heterocycles. The number of unbranched alkanes of at least 4 members (excludes halogenated alkanes) is 7. The van der Waals surface area contributed by atoms with Gasteiger partial charge in [0.15, 0.2) is 0 Å². The molecular formula is C21H29F5O4.